The van der Waals surface area contributed by atoms with Crippen LogP contribution >= 0.6 is 11.3 Å². The van der Waals surface area contributed by atoms with Gasteiger partial charge in [0.1, 0.15) is 12.1 Å². The first kappa shape index (κ1) is 45.1. The van der Waals surface area contributed by atoms with Gasteiger partial charge in [0.05, 0.1) is 59.9 Å². The number of methoxy groups -OCH3 is 3. The number of thiazole rings is 1. The molecule has 3 aliphatic heterocycles. The zero-order chi connectivity index (χ0) is 44.6. The molecule has 63 heavy (non-hydrogen) atoms. The molecule has 6 heterocycles. The maximum atomic E-state index is 14.4. The van der Waals surface area contributed by atoms with Gasteiger partial charge in [-0.1, -0.05) is 19.9 Å². The molecule has 4 aliphatic rings. The summed E-state index contributed by atoms with van der Waals surface area (Å²) in [7, 11) is 7.13. The molecule has 0 radical (unpaired) electrons. The number of cyclic esters (lactones) is 1. The monoisotopic (exact) mass is 884 g/mol. The van der Waals surface area contributed by atoms with Crippen molar-refractivity contribution in [2.75, 3.05) is 85.8 Å². The third-order valence-electron chi connectivity index (χ3n) is 13.4. The van der Waals surface area contributed by atoms with Gasteiger partial charge in [0.15, 0.2) is 0 Å². The van der Waals surface area contributed by atoms with Crippen molar-refractivity contribution in [3.8, 4) is 22.5 Å². The van der Waals surface area contributed by atoms with E-state index >= 15 is 0 Å². The lowest BCUT2D eigenvalue weighted by molar-refractivity contribution is -0.155. The number of fused-ring (bicyclic) bond motifs is 6. The van der Waals surface area contributed by atoms with E-state index in [0.717, 1.165) is 76.5 Å². The topological polar surface area (TPSA) is 153 Å². The fourth-order valence-electron chi connectivity index (χ4n) is 9.78. The number of carbonyl (C=O) groups excluding carboxylic acids is 3. The Kier molecular flexibility index (Phi) is 13.6. The molecule has 3 aromatic heterocycles. The van der Waals surface area contributed by atoms with Gasteiger partial charge >= 0.3 is 5.97 Å². The standard InChI is InChI=1S/C47H64N8O7S/c1-9-54-39-13-12-29-19-31(39)33(43(54)32-20-30(23-48-42(32)28(2)61-8)53-17-15-52(5)16-18-53)22-47(3,4)27-62-46(58)36-11-10-14-55(51-36)45(57)37(21-40-49-38(29)26-63-40)50-44(56)41-34(24-59-6)35(41)25-60-7/h12-13,19-20,23,26,28,34-37,41,51H,9-11,14-18,21-22,24-25,27H2,1-8H3,(H,50,56)/t28-,34-,35+,36-,37-,41?/m0/s1. The van der Waals surface area contributed by atoms with Crippen molar-refractivity contribution in [1.29, 1.82) is 0 Å². The quantitative estimate of drug-likeness (QED) is 0.193. The number of esters is 1. The van der Waals surface area contributed by atoms with E-state index < -0.39 is 23.5 Å². The fraction of sp³-hybridized carbons (Fsp3) is 0.596. The summed E-state index contributed by atoms with van der Waals surface area (Å²) in [6, 6.07) is 7.18. The molecule has 16 heteroatoms. The molecule has 4 aromatic rings. The molecule has 0 spiro atoms. The Bertz CT molecular complexity index is 2290. The molecular formula is C47H64N8O7S. The van der Waals surface area contributed by atoms with Crippen molar-refractivity contribution in [3.63, 3.8) is 0 Å². The highest BCUT2D eigenvalue weighted by molar-refractivity contribution is 7.10. The number of likely N-dealkylation sites (N-methyl/N-ethyl adjacent to an activating group) is 1. The van der Waals surface area contributed by atoms with E-state index in [0.29, 0.717) is 50.6 Å². The molecular weight excluding hydrogens is 821 g/mol. The van der Waals surface area contributed by atoms with Crippen molar-refractivity contribution in [1.82, 2.24) is 35.2 Å². The third-order valence-corrected chi connectivity index (χ3v) is 14.3. The van der Waals surface area contributed by atoms with E-state index in [4.69, 9.17) is 28.9 Å². The number of aromatic nitrogens is 3. The minimum Gasteiger partial charge on any atom is -0.464 e. The first-order valence-corrected chi connectivity index (χ1v) is 23.3. The van der Waals surface area contributed by atoms with Gasteiger partial charge in [-0.05, 0) is 75.8 Å². The summed E-state index contributed by atoms with van der Waals surface area (Å²) in [5.41, 5.74) is 10.7. The lowest BCUT2D eigenvalue weighted by Gasteiger charge is -2.35. The number of hydrazine groups is 1. The lowest BCUT2D eigenvalue weighted by Crippen LogP contribution is -2.60. The molecule has 2 N–H and O–H groups in total. The van der Waals surface area contributed by atoms with Crippen molar-refractivity contribution >= 4 is 45.7 Å². The van der Waals surface area contributed by atoms with Crippen LogP contribution < -0.4 is 15.6 Å². The predicted molar refractivity (Wildman–Crippen MR) is 243 cm³/mol. The zero-order valence-electron chi connectivity index (χ0n) is 38.1. The third kappa shape index (κ3) is 9.39. The number of ether oxygens (including phenoxy) is 4. The van der Waals surface area contributed by atoms with Crippen LogP contribution in [-0.2, 0) is 52.7 Å². The SMILES string of the molecule is CCn1c(-c2cc(N3CCN(C)CC3)cnc2[C@H](C)OC)c2c3cc(ccc31)-c1csc(n1)C[C@H](NC(=O)C1[C@@H](COC)[C@H]1COC)C(=O)N1CCC[C@H](N1)C(=O)OCC(C)(C)C2. The highest BCUT2D eigenvalue weighted by Crippen LogP contribution is 2.47. The number of hydrogen-bond acceptors (Lipinski definition) is 13. The number of carbonyl (C=O) groups is 3. The number of piperazine rings is 1. The van der Waals surface area contributed by atoms with Crippen LogP contribution in [0.5, 0.6) is 0 Å². The summed E-state index contributed by atoms with van der Waals surface area (Å²) in [6.45, 7) is 14.4. The normalized spacial score (nSPS) is 24.9. The van der Waals surface area contributed by atoms with E-state index in [-0.39, 0.29) is 48.7 Å². The Morgan fingerprint density at radius 2 is 1.81 bits per heavy atom. The second kappa shape index (κ2) is 18.9. The van der Waals surface area contributed by atoms with Gasteiger partial charge in [0.25, 0.3) is 5.91 Å². The smallest absolute Gasteiger partial charge is 0.324 e. The highest BCUT2D eigenvalue weighted by atomic mass is 32.1. The molecule has 2 saturated heterocycles. The fourth-order valence-corrected chi connectivity index (χ4v) is 10.6. The van der Waals surface area contributed by atoms with Gasteiger partial charge in [-0.2, -0.15) is 0 Å². The second-order valence-corrected chi connectivity index (χ2v) is 19.5. The van der Waals surface area contributed by atoms with Crippen LogP contribution in [0.15, 0.2) is 35.8 Å². The average Bonchev–Trinajstić information content (AvgIpc) is 3.59. The average molecular weight is 885 g/mol. The van der Waals surface area contributed by atoms with Crippen LogP contribution in [0.3, 0.4) is 0 Å². The molecule has 1 aliphatic carbocycles. The maximum absolute atomic E-state index is 14.4. The number of pyridine rings is 1. The lowest BCUT2D eigenvalue weighted by atomic mass is 9.84. The van der Waals surface area contributed by atoms with Crippen molar-refractivity contribution in [3.05, 3.63) is 52.1 Å². The Morgan fingerprint density at radius 3 is 2.51 bits per heavy atom. The van der Waals surface area contributed by atoms with E-state index in [1.165, 1.54) is 16.3 Å². The summed E-state index contributed by atoms with van der Waals surface area (Å²) < 4.78 is 25.4. The van der Waals surface area contributed by atoms with Crippen LogP contribution in [0.25, 0.3) is 33.4 Å². The first-order chi connectivity index (χ1) is 30.3. The van der Waals surface area contributed by atoms with Gasteiger partial charge in [-0.3, -0.25) is 24.4 Å². The molecule has 2 amide bonds. The molecule has 1 saturated carbocycles. The molecule has 15 nitrogen and oxygen atoms in total. The minimum absolute atomic E-state index is 0.00210. The molecule has 6 atom stereocenters. The second-order valence-electron chi connectivity index (χ2n) is 18.5. The van der Waals surface area contributed by atoms with Gasteiger partial charge in [-0.15, -0.1) is 11.3 Å². The highest BCUT2D eigenvalue weighted by Gasteiger charge is 2.55. The predicted octanol–water partition coefficient (Wildman–Crippen LogP) is 5.11. The zero-order valence-corrected chi connectivity index (χ0v) is 38.9. The number of nitrogens with one attached hydrogen (secondary N) is 2. The number of anilines is 1. The van der Waals surface area contributed by atoms with Crippen molar-refractivity contribution in [2.24, 2.45) is 23.2 Å². The molecule has 1 unspecified atom stereocenters. The molecule has 8 rings (SSSR count). The van der Waals surface area contributed by atoms with Crippen molar-refractivity contribution in [2.45, 2.75) is 78.1 Å². The summed E-state index contributed by atoms with van der Waals surface area (Å²) in [6.07, 6.45) is 3.63. The Labute approximate surface area is 374 Å². The van der Waals surface area contributed by atoms with Crippen LogP contribution in [0, 0.1) is 23.2 Å². The largest absolute Gasteiger partial charge is 0.464 e. The number of hydrogen-bond donors (Lipinski definition) is 2. The van der Waals surface area contributed by atoms with Gasteiger partial charge < -0.3 is 38.6 Å². The first-order valence-electron chi connectivity index (χ1n) is 22.4. The van der Waals surface area contributed by atoms with Crippen LogP contribution in [0.4, 0.5) is 5.69 Å². The molecule has 1 aromatic carbocycles. The maximum Gasteiger partial charge on any atom is 0.324 e. The number of aryl methyl sites for hydroxylation is 1. The van der Waals surface area contributed by atoms with Gasteiger partial charge in [-0.25, -0.2) is 10.4 Å². The van der Waals surface area contributed by atoms with E-state index in [1.807, 2.05) is 18.5 Å². The Hall–Kier alpha value is -4.45. The van der Waals surface area contributed by atoms with Gasteiger partial charge in [0.2, 0.25) is 5.91 Å². The van der Waals surface area contributed by atoms with Crippen LogP contribution in [-0.4, -0.2) is 135 Å². The van der Waals surface area contributed by atoms with Crippen molar-refractivity contribution < 1.29 is 33.3 Å². The van der Waals surface area contributed by atoms with Crippen LogP contribution in [0.1, 0.15) is 62.9 Å². The van der Waals surface area contributed by atoms with E-state index in [1.54, 1.807) is 21.3 Å². The Morgan fingerprint density at radius 1 is 1.06 bits per heavy atom. The van der Waals surface area contributed by atoms with Crippen LogP contribution in [0.2, 0.25) is 0 Å². The summed E-state index contributed by atoms with van der Waals surface area (Å²) in [5, 5.41) is 8.41. The molecule has 340 valence electrons. The number of rotatable bonds is 11. The number of amides is 2. The van der Waals surface area contributed by atoms with E-state index in [9.17, 15) is 14.4 Å². The Balaban J connectivity index is 1.23. The van der Waals surface area contributed by atoms with Gasteiger partial charge in [0, 0.05) is 106 Å². The minimum atomic E-state index is -0.919. The number of benzene rings is 1. The molecule has 3 fully saturated rings. The summed E-state index contributed by atoms with van der Waals surface area (Å²) in [4.78, 5) is 57.2. The summed E-state index contributed by atoms with van der Waals surface area (Å²) in [5.74, 6) is -1.27. The van der Waals surface area contributed by atoms with E-state index in [2.05, 4.69) is 77.2 Å². The summed E-state index contributed by atoms with van der Waals surface area (Å²) >= 11 is 1.47. The molecule has 6 bridgehead atoms. The number of nitrogens with zero attached hydrogens (tertiary/aromatic N) is 6.